The molecule has 0 aliphatic carbocycles. The zero-order chi connectivity index (χ0) is 17.6. The third-order valence-corrected chi connectivity index (χ3v) is 4.55. The Morgan fingerprint density at radius 3 is 2.80 bits per heavy atom. The SMILES string of the molecule is Cc1ccc(NC(=O)C2CCN(C[C@H](O)Cn3cccn3)CC2)nc1. The van der Waals surface area contributed by atoms with Gasteiger partial charge >= 0.3 is 0 Å². The number of aromatic nitrogens is 3. The topological polar surface area (TPSA) is 83.3 Å². The number of nitrogens with zero attached hydrogens (tertiary/aromatic N) is 4. The van der Waals surface area contributed by atoms with E-state index in [0.717, 1.165) is 31.5 Å². The molecule has 0 spiro atoms. The summed E-state index contributed by atoms with van der Waals surface area (Å²) in [6, 6.07) is 5.61. The Kier molecular flexibility index (Phi) is 5.78. The molecule has 0 bridgehead atoms. The number of rotatable bonds is 6. The van der Waals surface area contributed by atoms with Gasteiger partial charge < -0.3 is 15.3 Å². The number of carbonyl (C=O) groups is 1. The van der Waals surface area contributed by atoms with Crippen molar-refractivity contribution < 1.29 is 9.90 Å². The number of likely N-dealkylation sites (tertiary alicyclic amines) is 1. The molecule has 25 heavy (non-hydrogen) atoms. The Balaban J connectivity index is 1.41. The van der Waals surface area contributed by atoms with Crippen LogP contribution in [0.3, 0.4) is 0 Å². The minimum Gasteiger partial charge on any atom is -0.390 e. The number of anilines is 1. The van der Waals surface area contributed by atoms with E-state index >= 15 is 0 Å². The lowest BCUT2D eigenvalue weighted by molar-refractivity contribution is -0.121. The summed E-state index contributed by atoms with van der Waals surface area (Å²) in [5, 5.41) is 17.2. The Morgan fingerprint density at radius 2 is 2.16 bits per heavy atom. The van der Waals surface area contributed by atoms with Crippen LogP contribution in [-0.2, 0) is 11.3 Å². The largest absolute Gasteiger partial charge is 0.390 e. The molecule has 0 aromatic carbocycles. The molecule has 3 heterocycles. The average Bonchev–Trinajstić information content (AvgIpc) is 3.10. The third kappa shape index (κ3) is 5.11. The molecule has 1 aliphatic rings. The average molecular weight is 343 g/mol. The van der Waals surface area contributed by atoms with Gasteiger partial charge in [-0.3, -0.25) is 9.48 Å². The fraction of sp³-hybridized carbons (Fsp3) is 0.500. The second-order valence-corrected chi connectivity index (χ2v) is 6.67. The molecule has 0 radical (unpaired) electrons. The summed E-state index contributed by atoms with van der Waals surface area (Å²) in [5.74, 6) is 0.642. The Morgan fingerprint density at radius 1 is 1.36 bits per heavy atom. The van der Waals surface area contributed by atoms with E-state index in [4.69, 9.17) is 0 Å². The lowest BCUT2D eigenvalue weighted by Crippen LogP contribution is -2.42. The predicted molar refractivity (Wildman–Crippen MR) is 95.0 cm³/mol. The highest BCUT2D eigenvalue weighted by atomic mass is 16.3. The van der Waals surface area contributed by atoms with Crippen LogP contribution in [0.15, 0.2) is 36.8 Å². The summed E-state index contributed by atoms with van der Waals surface area (Å²) >= 11 is 0. The fourth-order valence-corrected chi connectivity index (χ4v) is 3.13. The molecule has 2 aromatic heterocycles. The van der Waals surface area contributed by atoms with E-state index in [9.17, 15) is 9.90 Å². The monoisotopic (exact) mass is 343 g/mol. The molecule has 1 amide bonds. The van der Waals surface area contributed by atoms with Gasteiger partial charge in [-0.25, -0.2) is 4.98 Å². The highest BCUT2D eigenvalue weighted by Crippen LogP contribution is 2.19. The van der Waals surface area contributed by atoms with Gasteiger partial charge in [-0.1, -0.05) is 6.07 Å². The minimum absolute atomic E-state index is 0.00242. The normalized spacial score (nSPS) is 17.4. The minimum atomic E-state index is -0.456. The fourth-order valence-electron chi connectivity index (χ4n) is 3.13. The van der Waals surface area contributed by atoms with Crippen LogP contribution < -0.4 is 5.32 Å². The van der Waals surface area contributed by atoms with Crippen molar-refractivity contribution in [3.8, 4) is 0 Å². The molecule has 3 rings (SSSR count). The number of aliphatic hydroxyl groups is 1. The lowest BCUT2D eigenvalue weighted by atomic mass is 9.95. The van der Waals surface area contributed by atoms with E-state index in [1.165, 1.54) is 0 Å². The zero-order valence-electron chi connectivity index (χ0n) is 14.5. The second-order valence-electron chi connectivity index (χ2n) is 6.67. The number of hydrogen-bond acceptors (Lipinski definition) is 5. The molecule has 1 atom stereocenters. The summed E-state index contributed by atoms with van der Waals surface area (Å²) in [5.41, 5.74) is 1.07. The summed E-state index contributed by atoms with van der Waals surface area (Å²) in [6.07, 6.45) is 6.44. The third-order valence-electron chi connectivity index (χ3n) is 4.55. The Bertz CT molecular complexity index is 663. The standard InChI is InChI=1S/C18H25N5O2/c1-14-3-4-17(19-11-14)21-18(25)15-5-9-22(10-6-15)12-16(24)13-23-8-2-7-20-23/h2-4,7-8,11,15-16,24H,5-6,9-10,12-13H2,1H3,(H,19,21,25)/t16-/m0/s1. The van der Waals surface area contributed by atoms with Crippen molar-refractivity contribution in [2.75, 3.05) is 25.0 Å². The predicted octanol–water partition coefficient (Wildman–Crippen LogP) is 1.30. The van der Waals surface area contributed by atoms with E-state index in [1.807, 2.05) is 31.3 Å². The summed E-state index contributed by atoms with van der Waals surface area (Å²) in [7, 11) is 0. The van der Waals surface area contributed by atoms with Gasteiger partial charge in [0.2, 0.25) is 5.91 Å². The number of carbonyl (C=O) groups excluding carboxylic acids is 1. The molecule has 7 nitrogen and oxygen atoms in total. The van der Waals surface area contributed by atoms with Crippen LogP contribution in [-0.4, -0.2) is 56.4 Å². The number of nitrogens with one attached hydrogen (secondary N) is 1. The molecule has 1 fully saturated rings. The molecular weight excluding hydrogens is 318 g/mol. The maximum Gasteiger partial charge on any atom is 0.228 e. The number of hydrogen-bond donors (Lipinski definition) is 2. The van der Waals surface area contributed by atoms with Gasteiger partial charge in [0.15, 0.2) is 0 Å². The van der Waals surface area contributed by atoms with Crippen molar-refractivity contribution in [2.45, 2.75) is 32.4 Å². The van der Waals surface area contributed by atoms with Crippen molar-refractivity contribution >= 4 is 11.7 Å². The van der Waals surface area contributed by atoms with Crippen LogP contribution in [0.5, 0.6) is 0 Å². The quantitative estimate of drug-likeness (QED) is 0.826. The van der Waals surface area contributed by atoms with Gasteiger partial charge in [0.25, 0.3) is 0 Å². The summed E-state index contributed by atoms with van der Waals surface area (Å²) < 4.78 is 1.74. The molecular formula is C18H25N5O2. The Hall–Kier alpha value is -2.25. The number of β-amino-alcohol motifs (C(OH)–C–C–N with tert-alkyl or cyclic N) is 1. The van der Waals surface area contributed by atoms with Crippen molar-refractivity contribution in [2.24, 2.45) is 5.92 Å². The molecule has 2 N–H and O–H groups in total. The van der Waals surface area contributed by atoms with Crippen LogP contribution >= 0.6 is 0 Å². The van der Waals surface area contributed by atoms with Gasteiger partial charge in [0, 0.05) is 31.1 Å². The first-order valence-electron chi connectivity index (χ1n) is 8.71. The number of aryl methyl sites for hydroxylation is 1. The number of piperidine rings is 1. The van der Waals surface area contributed by atoms with Crippen LogP contribution in [0.4, 0.5) is 5.82 Å². The van der Waals surface area contributed by atoms with Gasteiger partial charge in [-0.05, 0) is 50.6 Å². The molecule has 0 saturated carbocycles. The maximum absolute atomic E-state index is 12.4. The highest BCUT2D eigenvalue weighted by Gasteiger charge is 2.26. The van der Waals surface area contributed by atoms with Crippen LogP contribution in [0.2, 0.25) is 0 Å². The summed E-state index contributed by atoms with van der Waals surface area (Å²) in [6.45, 7) is 4.69. The molecule has 0 unspecified atom stereocenters. The van der Waals surface area contributed by atoms with Crippen molar-refractivity contribution in [3.05, 3.63) is 42.4 Å². The van der Waals surface area contributed by atoms with Gasteiger partial charge in [0.05, 0.1) is 12.6 Å². The number of aliphatic hydroxyl groups excluding tert-OH is 1. The molecule has 7 heteroatoms. The van der Waals surface area contributed by atoms with E-state index < -0.39 is 6.10 Å². The van der Waals surface area contributed by atoms with E-state index in [0.29, 0.717) is 18.9 Å². The van der Waals surface area contributed by atoms with E-state index in [2.05, 4.69) is 20.3 Å². The van der Waals surface area contributed by atoms with Crippen molar-refractivity contribution in [1.29, 1.82) is 0 Å². The van der Waals surface area contributed by atoms with Crippen LogP contribution in [0.1, 0.15) is 18.4 Å². The second kappa shape index (κ2) is 8.22. The van der Waals surface area contributed by atoms with Crippen molar-refractivity contribution in [1.82, 2.24) is 19.7 Å². The highest BCUT2D eigenvalue weighted by molar-refractivity contribution is 5.91. The first-order chi connectivity index (χ1) is 12.1. The smallest absolute Gasteiger partial charge is 0.228 e. The van der Waals surface area contributed by atoms with Gasteiger partial charge in [0.1, 0.15) is 5.82 Å². The molecule has 1 aliphatic heterocycles. The molecule has 2 aromatic rings. The van der Waals surface area contributed by atoms with Crippen LogP contribution in [0, 0.1) is 12.8 Å². The lowest BCUT2D eigenvalue weighted by Gasteiger charge is -2.32. The first-order valence-corrected chi connectivity index (χ1v) is 8.71. The van der Waals surface area contributed by atoms with Crippen molar-refractivity contribution in [3.63, 3.8) is 0 Å². The van der Waals surface area contributed by atoms with Crippen LogP contribution in [0.25, 0.3) is 0 Å². The summed E-state index contributed by atoms with van der Waals surface area (Å²) in [4.78, 5) is 18.8. The molecule has 134 valence electrons. The number of amides is 1. The zero-order valence-corrected chi connectivity index (χ0v) is 14.5. The Labute approximate surface area is 147 Å². The number of pyridine rings is 1. The van der Waals surface area contributed by atoms with Gasteiger partial charge in [-0.15, -0.1) is 0 Å². The van der Waals surface area contributed by atoms with E-state index in [1.54, 1.807) is 17.1 Å². The van der Waals surface area contributed by atoms with E-state index in [-0.39, 0.29) is 11.8 Å². The maximum atomic E-state index is 12.4. The first kappa shape index (κ1) is 17.6. The van der Waals surface area contributed by atoms with Gasteiger partial charge in [-0.2, -0.15) is 5.10 Å². The molecule has 1 saturated heterocycles.